The lowest BCUT2D eigenvalue weighted by atomic mass is 9.99. The van der Waals surface area contributed by atoms with Crippen LogP contribution in [0.5, 0.6) is 0 Å². The summed E-state index contributed by atoms with van der Waals surface area (Å²) in [6.07, 6.45) is 0. The van der Waals surface area contributed by atoms with E-state index in [9.17, 15) is 8.42 Å². The van der Waals surface area contributed by atoms with Gasteiger partial charge in [0.25, 0.3) is 0 Å². The van der Waals surface area contributed by atoms with E-state index in [0.29, 0.717) is 18.4 Å². The van der Waals surface area contributed by atoms with Crippen molar-refractivity contribution < 1.29 is 8.42 Å². The van der Waals surface area contributed by atoms with Gasteiger partial charge in [-0.15, -0.1) is 0 Å². The first-order valence-corrected chi connectivity index (χ1v) is 9.95. The number of hydrogen-bond acceptors (Lipinski definition) is 3. The molecule has 0 amide bonds. The Morgan fingerprint density at radius 2 is 1.92 bits per heavy atom. The summed E-state index contributed by atoms with van der Waals surface area (Å²) < 4.78 is 23.5. The molecule has 5 nitrogen and oxygen atoms in total. The monoisotopic (exact) mass is 353 g/mol. The predicted octanol–water partition coefficient (Wildman–Crippen LogP) is 2.48. The first-order chi connectivity index (χ1) is 11.1. The summed E-state index contributed by atoms with van der Waals surface area (Å²) in [4.78, 5) is 4.15. The Bertz CT molecular complexity index is 661. The molecule has 24 heavy (non-hydrogen) atoms. The van der Waals surface area contributed by atoms with Crippen LogP contribution in [0.4, 0.5) is 0 Å². The number of nitrogens with zero attached hydrogens (tertiary/aromatic N) is 1. The minimum atomic E-state index is -3.13. The van der Waals surface area contributed by atoms with Gasteiger partial charge in [-0.3, -0.25) is 4.99 Å². The minimum Gasteiger partial charge on any atom is -0.356 e. The largest absolute Gasteiger partial charge is 0.356 e. The van der Waals surface area contributed by atoms with Crippen LogP contribution in [0.15, 0.2) is 29.3 Å². The van der Waals surface area contributed by atoms with E-state index >= 15 is 0 Å². The number of rotatable bonds is 6. The molecule has 0 aromatic heterocycles. The number of hydrogen-bond donors (Lipinski definition) is 2. The van der Waals surface area contributed by atoms with Crippen molar-refractivity contribution in [1.82, 2.24) is 10.6 Å². The molecular formula is C18H31N3O2S. The first kappa shape index (κ1) is 20.5. The third kappa shape index (κ3) is 6.15. The average molecular weight is 354 g/mol. The van der Waals surface area contributed by atoms with E-state index in [-0.39, 0.29) is 5.75 Å². The average Bonchev–Trinajstić information content (AvgIpc) is 2.49. The van der Waals surface area contributed by atoms with Gasteiger partial charge in [0.2, 0.25) is 0 Å². The summed E-state index contributed by atoms with van der Waals surface area (Å²) in [6, 6.07) is 8.44. The molecule has 1 unspecified atom stereocenters. The summed E-state index contributed by atoms with van der Waals surface area (Å²) in [5, 5.41) is 6.33. The first-order valence-electron chi connectivity index (χ1n) is 8.30. The summed E-state index contributed by atoms with van der Waals surface area (Å²) in [5.74, 6) is 1.05. The van der Waals surface area contributed by atoms with E-state index in [1.807, 2.05) is 0 Å². The molecule has 0 radical (unpaired) electrons. The number of benzene rings is 1. The van der Waals surface area contributed by atoms with Crippen molar-refractivity contribution in [3.05, 3.63) is 35.4 Å². The van der Waals surface area contributed by atoms with Crippen molar-refractivity contribution in [3.63, 3.8) is 0 Å². The van der Waals surface area contributed by atoms with Gasteiger partial charge >= 0.3 is 0 Å². The molecule has 0 saturated carbocycles. The highest BCUT2D eigenvalue weighted by atomic mass is 32.2. The maximum absolute atomic E-state index is 12.1. The molecule has 0 bridgehead atoms. The van der Waals surface area contributed by atoms with Gasteiger partial charge in [0.05, 0.1) is 10.5 Å². The minimum absolute atomic E-state index is 0.0879. The van der Waals surface area contributed by atoms with E-state index in [0.717, 1.165) is 6.54 Å². The van der Waals surface area contributed by atoms with Gasteiger partial charge in [0.1, 0.15) is 0 Å². The van der Waals surface area contributed by atoms with E-state index < -0.39 is 14.6 Å². The molecule has 1 rings (SSSR count). The van der Waals surface area contributed by atoms with Gasteiger partial charge in [-0.2, -0.15) is 0 Å². The van der Waals surface area contributed by atoms with Crippen LogP contribution in [-0.2, 0) is 9.84 Å². The molecule has 0 heterocycles. The third-order valence-corrected chi connectivity index (χ3v) is 6.61. The fourth-order valence-electron chi connectivity index (χ4n) is 2.17. The highest BCUT2D eigenvalue weighted by molar-refractivity contribution is 7.92. The molecule has 0 fully saturated rings. The quantitative estimate of drug-likeness (QED) is 0.609. The van der Waals surface area contributed by atoms with Crippen molar-refractivity contribution >= 4 is 15.8 Å². The van der Waals surface area contributed by atoms with Crippen LogP contribution < -0.4 is 10.6 Å². The fourth-order valence-corrected chi connectivity index (χ4v) is 3.16. The molecule has 2 N–H and O–H groups in total. The second-order valence-corrected chi connectivity index (χ2v) is 9.99. The van der Waals surface area contributed by atoms with Crippen molar-refractivity contribution in [2.75, 3.05) is 25.9 Å². The Labute approximate surface area is 146 Å². The molecule has 1 aromatic rings. The number of guanidine groups is 1. The van der Waals surface area contributed by atoms with Crippen LogP contribution in [0.2, 0.25) is 0 Å². The van der Waals surface area contributed by atoms with Crippen LogP contribution in [0.3, 0.4) is 0 Å². The maximum Gasteiger partial charge on any atom is 0.191 e. The van der Waals surface area contributed by atoms with Crippen LogP contribution in [-0.4, -0.2) is 45.0 Å². The molecule has 0 aliphatic heterocycles. The summed E-state index contributed by atoms with van der Waals surface area (Å²) in [7, 11) is -1.44. The Kier molecular flexibility index (Phi) is 7.27. The highest BCUT2D eigenvalue weighted by Crippen LogP contribution is 2.16. The molecule has 6 heteroatoms. The van der Waals surface area contributed by atoms with Crippen LogP contribution >= 0.6 is 0 Å². The smallest absolute Gasteiger partial charge is 0.191 e. The van der Waals surface area contributed by atoms with Gasteiger partial charge in [-0.25, -0.2) is 8.42 Å². The molecule has 1 atom stereocenters. The summed E-state index contributed by atoms with van der Waals surface area (Å²) >= 11 is 0. The lowest BCUT2D eigenvalue weighted by Gasteiger charge is -2.20. The third-order valence-electron chi connectivity index (χ3n) is 4.01. The molecule has 0 saturated heterocycles. The standard InChI is InChI=1S/C18H31N3O2S/c1-14-8-7-9-16(12-14)15(2)13-21-17(19-6)20-10-11-24(22,23)18(3,4)5/h7-9,12,15H,10-11,13H2,1-6H3,(H2,19,20,21). The summed E-state index contributed by atoms with van der Waals surface area (Å²) in [6.45, 7) is 10.5. The second kappa shape index (κ2) is 8.51. The zero-order valence-electron chi connectivity index (χ0n) is 15.7. The Hall–Kier alpha value is -1.56. The number of aliphatic imine (C=N–C) groups is 1. The highest BCUT2D eigenvalue weighted by Gasteiger charge is 2.28. The zero-order valence-corrected chi connectivity index (χ0v) is 16.5. The normalized spacial score (nSPS) is 14.3. The predicted molar refractivity (Wildman–Crippen MR) is 102 cm³/mol. The molecule has 136 valence electrons. The number of sulfone groups is 1. The lowest BCUT2D eigenvalue weighted by Crippen LogP contribution is -2.42. The number of aryl methyl sites for hydroxylation is 1. The van der Waals surface area contributed by atoms with Crippen LogP contribution in [0, 0.1) is 6.92 Å². The summed E-state index contributed by atoms with van der Waals surface area (Å²) in [5.41, 5.74) is 2.52. The van der Waals surface area contributed by atoms with Crippen LogP contribution in [0.1, 0.15) is 44.7 Å². The lowest BCUT2D eigenvalue weighted by molar-refractivity contribution is 0.559. The molecule has 0 aliphatic rings. The zero-order chi connectivity index (χ0) is 18.4. The van der Waals surface area contributed by atoms with Gasteiger partial charge in [0.15, 0.2) is 15.8 Å². The Morgan fingerprint density at radius 1 is 1.25 bits per heavy atom. The van der Waals surface area contributed by atoms with Crippen molar-refractivity contribution in [2.45, 2.75) is 45.3 Å². The molecule has 1 aromatic carbocycles. The van der Waals surface area contributed by atoms with E-state index in [1.54, 1.807) is 27.8 Å². The maximum atomic E-state index is 12.1. The van der Waals surface area contributed by atoms with E-state index in [2.05, 4.69) is 53.7 Å². The number of nitrogens with one attached hydrogen (secondary N) is 2. The molecular weight excluding hydrogens is 322 g/mol. The molecule has 0 aliphatic carbocycles. The van der Waals surface area contributed by atoms with Crippen molar-refractivity contribution in [1.29, 1.82) is 0 Å². The molecule has 0 spiro atoms. The van der Waals surface area contributed by atoms with Crippen molar-refractivity contribution in [2.24, 2.45) is 4.99 Å². The van der Waals surface area contributed by atoms with Gasteiger partial charge in [0, 0.05) is 20.1 Å². The van der Waals surface area contributed by atoms with Crippen LogP contribution in [0.25, 0.3) is 0 Å². The second-order valence-electron chi connectivity index (χ2n) is 7.13. The van der Waals surface area contributed by atoms with Gasteiger partial charge < -0.3 is 10.6 Å². The topological polar surface area (TPSA) is 70.6 Å². The SMILES string of the molecule is CN=C(NCCS(=O)(=O)C(C)(C)C)NCC(C)c1cccc(C)c1. The van der Waals surface area contributed by atoms with E-state index in [1.165, 1.54) is 11.1 Å². The van der Waals surface area contributed by atoms with Crippen molar-refractivity contribution in [3.8, 4) is 0 Å². The Balaban J connectivity index is 2.49. The van der Waals surface area contributed by atoms with Gasteiger partial charge in [-0.1, -0.05) is 36.8 Å². The fraction of sp³-hybridized carbons (Fsp3) is 0.611. The van der Waals surface area contributed by atoms with E-state index in [4.69, 9.17) is 0 Å². The Morgan fingerprint density at radius 3 is 2.46 bits per heavy atom. The van der Waals surface area contributed by atoms with Gasteiger partial charge in [-0.05, 0) is 39.2 Å².